The lowest BCUT2D eigenvalue weighted by molar-refractivity contribution is 0.0915. The summed E-state index contributed by atoms with van der Waals surface area (Å²) in [6.45, 7) is 1.25. The molecule has 0 aliphatic carbocycles. The Morgan fingerprint density at radius 1 is 1.22 bits per heavy atom. The summed E-state index contributed by atoms with van der Waals surface area (Å²) in [4.78, 5) is 19.8. The molecule has 0 saturated heterocycles. The molecule has 0 aliphatic heterocycles. The highest BCUT2D eigenvalue weighted by atomic mass is 32.2. The molecule has 23 heavy (non-hydrogen) atoms. The summed E-state index contributed by atoms with van der Waals surface area (Å²) in [5, 5.41) is 12.1. The zero-order chi connectivity index (χ0) is 16.9. The van der Waals surface area contributed by atoms with Crippen LogP contribution in [0.25, 0.3) is 0 Å². The van der Waals surface area contributed by atoms with Crippen LogP contribution in [0.4, 0.5) is 0 Å². The van der Waals surface area contributed by atoms with Gasteiger partial charge in [-0.15, -0.1) is 0 Å². The quantitative estimate of drug-likeness (QED) is 0.805. The Kier molecular flexibility index (Phi) is 5.41. The van der Waals surface area contributed by atoms with Crippen LogP contribution in [0.15, 0.2) is 47.9 Å². The SMILES string of the molecule is CCS(=O)(=O)c1ccc(C(CO)NC(=O)c2cncnc2)cc1. The molecule has 0 aliphatic rings. The van der Waals surface area contributed by atoms with Gasteiger partial charge in [-0.25, -0.2) is 18.4 Å². The van der Waals surface area contributed by atoms with Crippen LogP contribution in [0.5, 0.6) is 0 Å². The van der Waals surface area contributed by atoms with Crippen LogP contribution in [0.3, 0.4) is 0 Å². The Labute approximate surface area is 134 Å². The molecule has 2 rings (SSSR count). The Balaban J connectivity index is 2.17. The fourth-order valence-corrected chi connectivity index (χ4v) is 2.85. The number of benzene rings is 1. The summed E-state index contributed by atoms with van der Waals surface area (Å²) in [6.07, 6.45) is 4.05. The summed E-state index contributed by atoms with van der Waals surface area (Å²) < 4.78 is 23.6. The third-order valence-corrected chi connectivity index (χ3v) is 5.08. The molecule has 122 valence electrons. The Hall–Kier alpha value is -2.32. The van der Waals surface area contributed by atoms with Crippen LogP contribution in [-0.2, 0) is 9.84 Å². The van der Waals surface area contributed by atoms with E-state index in [4.69, 9.17) is 0 Å². The van der Waals surface area contributed by atoms with E-state index in [0.717, 1.165) is 0 Å². The van der Waals surface area contributed by atoms with Gasteiger partial charge in [0.25, 0.3) is 5.91 Å². The van der Waals surface area contributed by atoms with Crippen molar-refractivity contribution >= 4 is 15.7 Å². The number of aliphatic hydroxyl groups excluding tert-OH is 1. The fraction of sp³-hybridized carbons (Fsp3) is 0.267. The lowest BCUT2D eigenvalue weighted by Gasteiger charge is -2.17. The van der Waals surface area contributed by atoms with Crippen molar-refractivity contribution in [2.75, 3.05) is 12.4 Å². The van der Waals surface area contributed by atoms with E-state index in [1.807, 2.05) is 0 Å². The van der Waals surface area contributed by atoms with Gasteiger partial charge in [-0.1, -0.05) is 19.1 Å². The van der Waals surface area contributed by atoms with Crippen LogP contribution >= 0.6 is 0 Å². The Morgan fingerprint density at radius 2 is 1.83 bits per heavy atom. The molecule has 0 saturated carbocycles. The molecule has 0 spiro atoms. The van der Waals surface area contributed by atoms with Crippen LogP contribution in [0.1, 0.15) is 28.9 Å². The Morgan fingerprint density at radius 3 is 2.35 bits per heavy atom. The van der Waals surface area contributed by atoms with E-state index in [0.29, 0.717) is 5.56 Å². The first-order valence-corrected chi connectivity index (χ1v) is 8.62. The zero-order valence-electron chi connectivity index (χ0n) is 12.5. The number of hydrogen-bond donors (Lipinski definition) is 2. The molecule has 1 aromatic carbocycles. The minimum Gasteiger partial charge on any atom is -0.394 e. The van der Waals surface area contributed by atoms with Crippen molar-refractivity contribution in [3.05, 3.63) is 54.1 Å². The Bertz CT molecular complexity index is 761. The number of hydrogen-bond acceptors (Lipinski definition) is 6. The molecule has 1 atom stereocenters. The van der Waals surface area contributed by atoms with Gasteiger partial charge in [0.2, 0.25) is 0 Å². The number of carbonyl (C=O) groups excluding carboxylic acids is 1. The van der Waals surface area contributed by atoms with Crippen LogP contribution < -0.4 is 5.32 Å². The highest BCUT2D eigenvalue weighted by molar-refractivity contribution is 7.91. The minimum absolute atomic E-state index is 0.0144. The van der Waals surface area contributed by atoms with Crippen molar-refractivity contribution < 1.29 is 18.3 Å². The molecule has 0 fully saturated rings. The molecule has 0 radical (unpaired) electrons. The van der Waals surface area contributed by atoms with Gasteiger partial charge in [-0.2, -0.15) is 0 Å². The number of aromatic nitrogens is 2. The van der Waals surface area contributed by atoms with Gasteiger partial charge in [0, 0.05) is 12.4 Å². The summed E-state index contributed by atoms with van der Waals surface area (Å²) in [6, 6.07) is 5.43. The normalized spacial score (nSPS) is 12.6. The summed E-state index contributed by atoms with van der Waals surface area (Å²) in [7, 11) is -3.28. The maximum absolute atomic E-state index is 12.1. The molecule has 1 unspecified atom stereocenters. The van der Waals surface area contributed by atoms with Gasteiger partial charge in [-0.3, -0.25) is 4.79 Å². The first kappa shape index (κ1) is 17.0. The summed E-state index contributed by atoms with van der Waals surface area (Å²) in [5.74, 6) is -0.407. The molecule has 8 heteroatoms. The maximum atomic E-state index is 12.1. The number of sulfone groups is 1. The lowest BCUT2D eigenvalue weighted by Crippen LogP contribution is -2.31. The van der Waals surface area contributed by atoms with E-state index < -0.39 is 21.8 Å². The topological polar surface area (TPSA) is 109 Å². The van der Waals surface area contributed by atoms with Gasteiger partial charge in [-0.05, 0) is 17.7 Å². The van der Waals surface area contributed by atoms with E-state index in [1.165, 1.54) is 30.9 Å². The second kappa shape index (κ2) is 7.30. The highest BCUT2D eigenvalue weighted by Gasteiger charge is 2.17. The average molecular weight is 335 g/mol. The van der Waals surface area contributed by atoms with Gasteiger partial charge in [0.05, 0.1) is 28.9 Å². The van der Waals surface area contributed by atoms with Gasteiger partial charge < -0.3 is 10.4 Å². The van der Waals surface area contributed by atoms with Crippen molar-refractivity contribution in [2.24, 2.45) is 0 Å². The number of carbonyl (C=O) groups is 1. The van der Waals surface area contributed by atoms with E-state index in [2.05, 4.69) is 15.3 Å². The van der Waals surface area contributed by atoms with Crippen molar-refractivity contribution in [1.29, 1.82) is 0 Å². The first-order chi connectivity index (χ1) is 11.0. The monoisotopic (exact) mass is 335 g/mol. The molecular weight excluding hydrogens is 318 g/mol. The van der Waals surface area contributed by atoms with Crippen molar-refractivity contribution in [2.45, 2.75) is 17.9 Å². The zero-order valence-corrected chi connectivity index (χ0v) is 13.3. The molecule has 1 aromatic heterocycles. The average Bonchev–Trinajstić information content (AvgIpc) is 2.60. The van der Waals surface area contributed by atoms with E-state index in [1.54, 1.807) is 19.1 Å². The fourth-order valence-electron chi connectivity index (χ4n) is 1.97. The predicted molar refractivity (Wildman–Crippen MR) is 83.5 cm³/mol. The lowest BCUT2D eigenvalue weighted by atomic mass is 10.1. The van der Waals surface area contributed by atoms with Crippen molar-refractivity contribution in [3.63, 3.8) is 0 Å². The van der Waals surface area contributed by atoms with Crippen LogP contribution in [-0.4, -0.2) is 41.8 Å². The van der Waals surface area contributed by atoms with Gasteiger partial charge in [0.1, 0.15) is 6.33 Å². The molecule has 2 N–H and O–H groups in total. The molecule has 2 aromatic rings. The van der Waals surface area contributed by atoms with Gasteiger partial charge >= 0.3 is 0 Å². The third-order valence-electron chi connectivity index (χ3n) is 3.33. The molecule has 7 nitrogen and oxygen atoms in total. The minimum atomic E-state index is -3.28. The second-order valence-corrected chi connectivity index (χ2v) is 7.09. The van der Waals surface area contributed by atoms with Crippen molar-refractivity contribution in [1.82, 2.24) is 15.3 Å². The predicted octanol–water partition coefficient (Wildman–Crippen LogP) is 0.734. The smallest absolute Gasteiger partial charge is 0.254 e. The second-order valence-electron chi connectivity index (χ2n) is 4.81. The highest BCUT2D eigenvalue weighted by Crippen LogP contribution is 2.17. The third kappa shape index (κ3) is 4.11. The number of aliphatic hydroxyl groups is 1. The standard InChI is InChI=1S/C15H17N3O4S/c1-2-23(21,22)13-5-3-11(4-6-13)14(9-19)18-15(20)12-7-16-10-17-8-12/h3-8,10,14,19H,2,9H2,1H3,(H,18,20). The van der Waals surface area contributed by atoms with Crippen molar-refractivity contribution in [3.8, 4) is 0 Å². The first-order valence-electron chi connectivity index (χ1n) is 6.97. The number of rotatable bonds is 6. The number of amides is 1. The number of nitrogens with zero attached hydrogens (tertiary/aromatic N) is 2. The number of nitrogens with one attached hydrogen (secondary N) is 1. The maximum Gasteiger partial charge on any atom is 0.254 e. The van der Waals surface area contributed by atoms with Crippen LogP contribution in [0.2, 0.25) is 0 Å². The van der Waals surface area contributed by atoms with Gasteiger partial charge in [0.15, 0.2) is 9.84 Å². The van der Waals surface area contributed by atoms with E-state index >= 15 is 0 Å². The van der Waals surface area contributed by atoms with Crippen LogP contribution in [0, 0.1) is 0 Å². The van der Waals surface area contributed by atoms with E-state index in [-0.39, 0.29) is 22.8 Å². The molecule has 1 heterocycles. The molecule has 0 bridgehead atoms. The van der Waals surface area contributed by atoms with E-state index in [9.17, 15) is 18.3 Å². The largest absolute Gasteiger partial charge is 0.394 e. The summed E-state index contributed by atoms with van der Waals surface area (Å²) >= 11 is 0. The summed E-state index contributed by atoms with van der Waals surface area (Å²) in [5.41, 5.74) is 0.879. The molecular formula is C15H17N3O4S. The molecule has 1 amide bonds.